The van der Waals surface area contributed by atoms with E-state index in [1.807, 2.05) is 46.3 Å². The standard InChI is InChI=1S/C22H19N3OS/c1-24-21(15-6-3-2-4-7-15)18-10-12-25(14-19(18)23-24)22(26)17-8-5-9-20-16(17)11-13-27-20/h2-9,11,13H,10,12,14H2,1H3. The highest BCUT2D eigenvalue weighted by Crippen LogP contribution is 2.31. The van der Waals surface area contributed by atoms with Crippen LogP contribution in [0, 0.1) is 0 Å². The number of aromatic nitrogens is 2. The van der Waals surface area contributed by atoms with Gasteiger partial charge in [-0.25, -0.2) is 0 Å². The largest absolute Gasteiger partial charge is 0.332 e. The van der Waals surface area contributed by atoms with Crippen molar-refractivity contribution in [2.75, 3.05) is 6.54 Å². The van der Waals surface area contributed by atoms with Crippen LogP contribution in [0.25, 0.3) is 21.3 Å². The van der Waals surface area contributed by atoms with Gasteiger partial charge in [-0.15, -0.1) is 11.3 Å². The molecule has 0 aliphatic carbocycles. The Hall–Kier alpha value is -2.92. The predicted molar refractivity (Wildman–Crippen MR) is 109 cm³/mol. The second kappa shape index (κ2) is 6.35. The molecule has 0 unspecified atom stereocenters. The van der Waals surface area contributed by atoms with Crippen molar-refractivity contribution in [1.82, 2.24) is 14.7 Å². The summed E-state index contributed by atoms with van der Waals surface area (Å²) in [5.41, 5.74) is 5.40. The SMILES string of the molecule is Cn1nc2c(c1-c1ccccc1)CCN(C(=O)c1cccc3sccc13)C2. The van der Waals surface area contributed by atoms with Gasteiger partial charge in [-0.3, -0.25) is 9.48 Å². The first-order chi connectivity index (χ1) is 13.2. The molecular weight excluding hydrogens is 354 g/mol. The van der Waals surface area contributed by atoms with E-state index < -0.39 is 0 Å². The minimum absolute atomic E-state index is 0.0940. The Kier molecular flexibility index (Phi) is 3.83. The molecule has 0 saturated heterocycles. The lowest BCUT2D eigenvalue weighted by Crippen LogP contribution is -2.36. The third kappa shape index (κ3) is 2.66. The first kappa shape index (κ1) is 16.3. The number of amides is 1. The van der Waals surface area contributed by atoms with E-state index in [4.69, 9.17) is 5.10 Å². The second-order valence-corrected chi connectivity index (χ2v) is 7.83. The summed E-state index contributed by atoms with van der Waals surface area (Å²) in [4.78, 5) is 15.1. The Morgan fingerprint density at radius 3 is 2.78 bits per heavy atom. The lowest BCUT2D eigenvalue weighted by Gasteiger charge is -2.27. The molecule has 0 radical (unpaired) electrons. The number of fused-ring (bicyclic) bond motifs is 2. The van der Waals surface area contributed by atoms with Crippen LogP contribution in [0.4, 0.5) is 0 Å². The third-order valence-electron chi connectivity index (χ3n) is 5.26. The molecule has 0 fully saturated rings. The van der Waals surface area contributed by atoms with E-state index in [9.17, 15) is 4.79 Å². The van der Waals surface area contributed by atoms with Gasteiger partial charge in [0.1, 0.15) is 0 Å². The normalized spacial score (nSPS) is 13.7. The molecular formula is C22H19N3OS. The van der Waals surface area contributed by atoms with Gasteiger partial charge in [-0.1, -0.05) is 36.4 Å². The van der Waals surface area contributed by atoms with E-state index in [1.54, 1.807) is 11.3 Å². The summed E-state index contributed by atoms with van der Waals surface area (Å²) in [6.45, 7) is 1.28. The molecule has 1 aliphatic rings. The average Bonchev–Trinajstić information content (AvgIpc) is 3.30. The van der Waals surface area contributed by atoms with Gasteiger partial charge in [0.05, 0.1) is 17.9 Å². The fraction of sp³-hybridized carbons (Fsp3) is 0.182. The third-order valence-corrected chi connectivity index (χ3v) is 6.14. The molecule has 0 N–H and O–H groups in total. The molecule has 0 atom stereocenters. The highest BCUT2D eigenvalue weighted by atomic mass is 32.1. The maximum Gasteiger partial charge on any atom is 0.254 e. The number of thiophene rings is 1. The zero-order valence-corrected chi connectivity index (χ0v) is 15.9. The Balaban J connectivity index is 1.49. The molecule has 4 nitrogen and oxygen atoms in total. The van der Waals surface area contributed by atoms with Crippen LogP contribution in [-0.2, 0) is 20.0 Å². The molecule has 0 bridgehead atoms. The molecule has 2 aromatic heterocycles. The number of carbonyl (C=O) groups is 1. The second-order valence-electron chi connectivity index (χ2n) is 6.88. The minimum Gasteiger partial charge on any atom is -0.332 e. The fourth-order valence-electron chi connectivity index (χ4n) is 4.00. The van der Waals surface area contributed by atoms with Gasteiger partial charge in [0, 0.05) is 40.4 Å². The van der Waals surface area contributed by atoms with E-state index in [2.05, 4.69) is 30.3 Å². The van der Waals surface area contributed by atoms with Crippen molar-refractivity contribution in [1.29, 1.82) is 0 Å². The van der Waals surface area contributed by atoms with Crippen LogP contribution in [-0.4, -0.2) is 27.1 Å². The number of rotatable bonds is 2. The maximum atomic E-state index is 13.2. The summed E-state index contributed by atoms with van der Waals surface area (Å²) in [6.07, 6.45) is 0.832. The van der Waals surface area contributed by atoms with Crippen molar-refractivity contribution in [3.8, 4) is 11.3 Å². The minimum atomic E-state index is 0.0940. The highest BCUT2D eigenvalue weighted by Gasteiger charge is 2.28. The van der Waals surface area contributed by atoms with Gasteiger partial charge in [0.15, 0.2) is 0 Å². The van der Waals surface area contributed by atoms with Crippen LogP contribution < -0.4 is 0 Å². The summed E-state index contributed by atoms with van der Waals surface area (Å²) < 4.78 is 3.11. The molecule has 3 heterocycles. The Bertz CT molecular complexity index is 1140. The van der Waals surface area contributed by atoms with Crippen LogP contribution in [0.15, 0.2) is 60.0 Å². The highest BCUT2D eigenvalue weighted by molar-refractivity contribution is 7.17. The van der Waals surface area contributed by atoms with E-state index in [0.717, 1.165) is 40.0 Å². The van der Waals surface area contributed by atoms with E-state index >= 15 is 0 Å². The molecule has 5 rings (SSSR count). The maximum absolute atomic E-state index is 13.2. The lowest BCUT2D eigenvalue weighted by molar-refractivity contribution is 0.0734. The van der Waals surface area contributed by atoms with Crippen molar-refractivity contribution in [3.63, 3.8) is 0 Å². The van der Waals surface area contributed by atoms with Crippen molar-refractivity contribution < 1.29 is 4.79 Å². The molecule has 4 aromatic rings. The number of nitrogens with zero attached hydrogens (tertiary/aromatic N) is 3. The molecule has 2 aromatic carbocycles. The zero-order chi connectivity index (χ0) is 18.4. The first-order valence-corrected chi connectivity index (χ1v) is 9.96. The monoisotopic (exact) mass is 373 g/mol. The van der Waals surface area contributed by atoms with E-state index in [1.165, 1.54) is 11.1 Å². The van der Waals surface area contributed by atoms with Gasteiger partial charge in [-0.2, -0.15) is 5.10 Å². The van der Waals surface area contributed by atoms with Crippen molar-refractivity contribution in [2.45, 2.75) is 13.0 Å². The number of benzene rings is 2. The Morgan fingerprint density at radius 2 is 1.93 bits per heavy atom. The number of aryl methyl sites for hydroxylation is 1. The van der Waals surface area contributed by atoms with E-state index in [-0.39, 0.29) is 5.91 Å². The molecule has 134 valence electrons. The van der Waals surface area contributed by atoms with Crippen LogP contribution in [0.1, 0.15) is 21.6 Å². The van der Waals surface area contributed by atoms with Crippen molar-refractivity contribution >= 4 is 27.3 Å². The summed E-state index contributed by atoms with van der Waals surface area (Å²) >= 11 is 1.67. The average molecular weight is 373 g/mol. The van der Waals surface area contributed by atoms with Crippen LogP contribution >= 0.6 is 11.3 Å². The fourth-order valence-corrected chi connectivity index (χ4v) is 4.81. The van der Waals surface area contributed by atoms with Crippen LogP contribution in [0.3, 0.4) is 0 Å². The Labute approximate surface area is 161 Å². The molecule has 5 heteroatoms. The topological polar surface area (TPSA) is 38.1 Å². The van der Waals surface area contributed by atoms with Crippen LogP contribution in [0.2, 0.25) is 0 Å². The first-order valence-electron chi connectivity index (χ1n) is 9.08. The predicted octanol–water partition coefficient (Wildman–Crippen LogP) is 4.50. The zero-order valence-electron chi connectivity index (χ0n) is 15.1. The number of hydrogen-bond donors (Lipinski definition) is 0. The molecule has 1 amide bonds. The van der Waals surface area contributed by atoms with Gasteiger partial charge in [-0.05, 0) is 30.0 Å². The number of carbonyl (C=O) groups excluding carboxylic acids is 1. The quantitative estimate of drug-likeness (QED) is 0.519. The molecule has 27 heavy (non-hydrogen) atoms. The summed E-state index contributed by atoms with van der Waals surface area (Å²) in [6, 6.07) is 18.4. The van der Waals surface area contributed by atoms with E-state index in [0.29, 0.717) is 6.54 Å². The van der Waals surface area contributed by atoms with Crippen LogP contribution in [0.5, 0.6) is 0 Å². The summed E-state index contributed by atoms with van der Waals surface area (Å²) in [7, 11) is 1.99. The van der Waals surface area contributed by atoms with Gasteiger partial charge in [0.25, 0.3) is 5.91 Å². The molecule has 1 aliphatic heterocycles. The van der Waals surface area contributed by atoms with Gasteiger partial charge >= 0.3 is 0 Å². The van der Waals surface area contributed by atoms with Gasteiger partial charge in [0.2, 0.25) is 0 Å². The smallest absolute Gasteiger partial charge is 0.254 e. The van der Waals surface area contributed by atoms with Crippen molar-refractivity contribution in [2.24, 2.45) is 7.05 Å². The number of hydrogen-bond acceptors (Lipinski definition) is 3. The van der Waals surface area contributed by atoms with Crippen molar-refractivity contribution in [3.05, 3.63) is 76.8 Å². The molecule has 0 saturated carbocycles. The molecule has 0 spiro atoms. The summed E-state index contributed by atoms with van der Waals surface area (Å²) in [5, 5.41) is 7.82. The Morgan fingerprint density at radius 1 is 1.07 bits per heavy atom. The van der Waals surface area contributed by atoms with Gasteiger partial charge < -0.3 is 4.90 Å². The lowest BCUT2D eigenvalue weighted by atomic mass is 9.99. The summed E-state index contributed by atoms with van der Waals surface area (Å²) in [5.74, 6) is 0.0940.